The highest BCUT2D eigenvalue weighted by Crippen LogP contribution is 2.30. The van der Waals surface area contributed by atoms with Gasteiger partial charge in [0.2, 0.25) is 0 Å². The Kier molecular flexibility index (Phi) is 4.47. The van der Waals surface area contributed by atoms with E-state index in [2.05, 4.69) is 5.32 Å². The smallest absolute Gasteiger partial charge is 0.339 e. The number of fused-ring (bicyclic) bond motifs is 1. The van der Waals surface area contributed by atoms with Crippen molar-refractivity contribution in [1.82, 2.24) is 10.2 Å². The van der Waals surface area contributed by atoms with Crippen LogP contribution in [0, 0.1) is 0 Å². The van der Waals surface area contributed by atoms with E-state index in [1.54, 1.807) is 24.1 Å². The molecule has 1 aliphatic heterocycles. The van der Waals surface area contributed by atoms with Crippen LogP contribution in [0.4, 0.5) is 0 Å². The molecule has 0 aliphatic carbocycles. The zero-order chi connectivity index (χ0) is 15.6. The topological polar surface area (TPSA) is 78.9 Å². The Bertz CT molecular complexity index is 557. The van der Waals surface area contributed by atoms with E-state index in [1.165, 1.54) is 6.07 Å². The summed E-state index contributed by atoms with van der Waals surface area (Å²) in [7, 11) is 1.79. The summed E-state index contributed by atoms with van der Waals surface area (Å²) in [6, 6.07) is 4.65. The molecule has 2 N–H and O–H groups in total. The van der Waals surface area contributed by atoms with Crippen molar-refractivity contribution in [2.24, 2.45) is 0 Å². The molecule has 1 aromatic rings. The van der Waals surface area contributed by atoms with Crippen LogP contribution in [0.1, 0.15) is 34.6 Å². The van der Waals surface area contributed by atoms with Crippen LogP contribution in [0.25, 0.3) is 0 Å². The van der Waals surface area contributed by atoms with Crippen molar-refractivity contribution in [3.05, 3.63) is 29.3 Å². The van der Waals surface area contributed by atoms with Gasteiger partial charge in [-0.15, -0.1) is 0 Å². The molecule has 1 aromatic carbocycles. The average molecular weight is 292 g/mol. The number of nitrogens with zero attached hydrogens (tertiary/aromatic N) is 1. The van der Waals surface area contributed by atoms with E-state index in [0.717, 1.165) is 0 Å². The third kappa shape index (κ3) is 3.00. The van der Waals surface area contributed by atoms with Crippen molar-refractivity contribution >= 4 is 11.9 Å². The number of ether oxygens (including phenoxy) is 1. The highest BCUT2D eigenvalue weighted by molar-refractivity contribution is 6.02. The van der Waals surface area contributed by atoms with Crippen LogP contribution in [0.15, 0.2) is 18.2 Å². The summed E-state index contributed by atoms with van der Waals surface area (Å²) in [6.45, 7) is 4.82. The maximum absolute atomic E-state index is 12.6. The van der Waals surface area contributed by atoms with Gasteiger partial charge in [-0.3, -0.25) is 4.79 Å². The lowest BCUT2D eigenvalue weighted by Gasteiger charge is -2.27. The molecule has 114 valence electrons. The molecule has 0 saturated carbocycles. The van der Waals surface area contributed by atoms with Gasteiger partial charge in [0, 0.05) is 12.6 Å². The number of carbonyl (C=O) groups is 2. The van der Waals surface area contributed by atoms with Gasteiger partial charge in [0.1, 0.15) is 17.4 Å². The van der Waals surface area contributed by atoms with E-state index in [9.17, 15) is 14.7 Å². The molecule has 1 unspecified atom stereocenters. The van der Waals surface area contributed by atoms with Crippen LogP contribution < -0.4 is 10.1 Å². The van der Waals surface area contributed by atoms with Crippen LogP contribution in [0.2, 0.25) is 0 Å². The lowest BCUT2D eigenvalue weighted by atomic mass is 10.1. The molecule has 0 spiro atoms. The Morgan fingerprint density at radius 2 is 2.24 bits per heavy atom. The van der Waals surface area contributed by atoms with Gasteiger partial charge in [0.25, 0.3) is 5.91 Å². The van der Waals surface area contributed by atoms with Crippen molar-refractivity contribution in [3.8, 4) is 5.75 Å². The molecule has 0 saturated heterocycles. The molecule has 0 fully saturated rings. The quantitative estimate of drug-likeness (QED) is 0.872. The first-order valence-corrected chi connectivity index (χ1v) is 6.94. The van der Waals surface area contributed by atoms with Gasteiger partial charge in [-0.05, 0) is 33.0 Å². The van der Waals surface area contributed by atoms with Crippen molar-refractivity contribution in [2.75, 3.05) is 20.1 Å². The summed E-state index contributed by atoms with van der Waals surface area (Å²) in [5, 5.41) is 12.3. The van der Waals surface area contributed by atoms with Crippen molar-refractivity contribution < 1.29 is 19.4 Å². The number of nitrogens with one attached hydrogen (secondary N) is 1. The van der Waals surface area contributed by atoms with E-state index in [-0.39, 0.29) is 29.4 Å². The van der Waals surface area contributed by atoms with Gasteiger partial charge < -0.3 is 20.1 Å². The van der Waals surface area contributed by atoms with E-state index in [0.29, 0.717) is 18.7 Å². The zero-order valence-corrected chi connectivity index (χ0v) is 12.4. The van der Waals surface area contributed by atoms with Gasteiger partial charge >= 0.3 is 5.97 Å². The van der Waals surface area contributed by atoms with Gasteiger partial charge in [0.15, 0.2) is 0 Å². The summed E-state index contributed by atoms with van der Waals surface area (Å²) in [4.78, 5) is 25.7. The second-order valence-corrected chi connectivity index (χ2v) is 5.34. The van der Waals surface area contributed by atoms with E-state index < -0.39 is 5.97 Å². The molecule has 2 rings (SSSR count). The van der Waals surface area contributed by atoms with E-state index in [1.807, 2.05) is 13.8 Å². The van der Waals surface area contributed by atoms with Crippen LogP contribution >= 0.6 is 0 Å². The third-order valence-corrected chi connectivity index (χ3v) is 3.48. The number of hydrogen-bond acceptors (Lipinski definition) is 4. The first-order chi connectivity index (χ1) is 9.95. The molecule has 1 amide bonds. The largest absolute Gasteiger partial charge is 0.485 e. The van der Waals surface area contributed by atoms with Gasteiger partial charge in [-0.2, -0.15) is 0 Å². The van der Waals surface area contributed by atoms with Crippen LogP contribution in [0.3, 0.4) is 0 Å². The Hall–Kier alpha value is -2.08. The zero-order valence-electron chi connectivity index (χ0n) is 12.4. The van der Waals surface area contributed by atoms with Crippen LogP contribution in [-0.2, 0) is 0 Å². The number of carbonyl (C=O) groups excluding carboxylic acids is 1. The molecule has 0 aromatic heterocycles. The van der Waals surface area contributed by atoms with Gasteiger partial charge in [-0.1, -0.05) is 6.07 Å². The van der Waals surface area contributed by atoms with E-state index in [4.69, 9.17) is 4.74 Å². The monoisotopic (exact) mass is 292 g/mol. The average Bonchev–Trinajstić information content (AvgIpc) is 2.56. The van der Waals surface area contributed by atoms with Crippen LogP contribution in [0.5, 0.6) is 5.75 Å². The minimum absolute atomic E-state index is 0.0138. The minimum Gasteiger partial charge on any atom is -0.485 e. The lowest BCUT2D eigenvalue weighted by molar-refractivity contribution is 0.0637. The molecular weight excluding hydrogens is 272 g/mol. The van der Waals surface area contributed by atoms with Crippen LogP contribution in [-0.4, -0.2) is 54.2 Å². The first kappa shape index (κ1) is 15.3. The Labute approximate surface area is 123 Å². The Balaban J connectivity index is 2.53. The summed E-state index contributed by atoms with van der Waals surface area (Å²) >= 11 is 0. The molecule has 6 nitrogen and oxygen atoms in total. The van der Waals surface area contributed by atoms with Gasteiger partial charge in [-0.25, -0.2) is 4.79 Å². The third-order valence-electron chi connectivity index (χ3n) is 3.48. The molecule has 0 radical (unpaired) electrons. The number of aromatic carboxylic acids is 1. The molecule has 21 heavy (non-hydrogen) atoms. The number of carboxylic acids is 1. The minimum atomic E-state index is -1.10. The standard InChI is InChI=1S/C15H20N2O4/c1-9(2)17-8-10(7-16-3)21-13-11(14(17)18)5-4-6-12(13)15(19)20/h4-6,9-10,16H,7-8H2,1-3H3,(H,19,20). The maximum Gasteiger partial charge on any atom is 0.339 e. The summed E-state index contributed by atoms with van der Waals surface area (Å²) in [5.74, 6) is -1.12. The van der Waals surface area contributed by atoms with Crippen molar-refractivity contribution in [3.63, 3.8) is 0 Å². The molecular formula is C15H20N2O4. The number of benzene rings is 1. The number of carboxylic acid groups (broad SMARTS) is 1. The number of likely N-dealkylation sites (N-methyl/N-ethyl adjacent to an activating group) is 1. The predicted octanol–water partition coefficient (Wildman–Crippen LogP) is 1.22. The molecule has 6 heteroatoms. The SMILES string of the molecule is CNCC1CN(C(C)C)C(=O)c2cccc(C(=O)O)c2O1. The Morgan fingerprint density at radius 3 is 2.81 bits per heavy atom. The lowest BCUT2D eigenvalue weighted by Crippen LogP contribution is -2.44. The number of rotatable bonds is 4. The second kappa shape index (κ2) is 6.13. The summed E-state index contributed by atoms with van der Waals surface area (Å²) in [5.41, 5.74) is 0.328. The first-order valence-electron chi connectivity index (χ1n) is 6.94. The molecule has 1 atom stereocenters. The molecule has 0 bridgehead atoms. The predicted molar refractivity (Wildman–Crippen MR) is 77.9 cm³/mol. The fraction of sp³-hybridized carbons (Fsp3) is 0.467. The van der Waals surface area contributed by atoms with Crippen molar-refractivity contribution in [2.45, 2.75) is 26.0 Å². The normalized spacial score (nSPS) is 18.2. The molecule has 1 aliphatic rings. The summed E-state index contributed by atoms with van der Waals surface area (Å²) in [6.07, 6.45) is -0.289. The Morgan fingerprint density at radius 1 is 1.52 bits per heavy atom. The maximum atomic E-state index is 12.6. The summed E-state index contributed by atoms with van der Waals surface area (Å²) < 4.78 is 5.83. The fourth-order valence-electron chi connectivity index (χ4n) is 2.44. The second-order valence-electron chi connectivity index (χ2n) is 5.34. The highest BCUT2D eigenvalue weighted by Gasteiger charge is 2.32. The number of hydrogen-bond donors (Lipinski definition) is 2. The van der Waals surface area contributed by atoms with Gasteiger partial charge in [0.05, 0.1) is 12.1 Å². The van der Waals surface area contributed by atoms with Crippen molar-refractivity contribution in [1.29, 1.82) is 0 Å². The number of amides is 1. The highest BCUT2D eigenvalue weighted by atomic mass is 16.5. The van der Waals surface area contributed by atoms with E-state index >= 15 is 0 Å². The molecule has 1 heterocycles. The fourth-order valence-corrected chi connectivity index (χ4v) is 2.44. The number of para-hydroxylation sites is 1.